The van der Waals surface area contributed by atoms with E-state index in [1.165, 1.54) is 58.5 Å². The maximum atomic E-state index is 11.1. The van der Waals surface area contributed by atoms with Crippen LogP contribution in [0, 0.1) is 0 Å². The summed E-state index contributed by atoms with van der Waals surface area (Å²) in [5, 5.41) is 0. The Morgan fingerprint density at radius 3 is 1.43 bits per heavy atom. The molecule has 0 fully saturated rings. The van der Waals surface area contributed by atoms with Gasteiger partial charge in [0.05, 0.1) is 7.11 Å². The number of ketones is 1. The zero-order valence-electron chi connectivity index (χ0n) is 14.1. The fourth-order valence-electron chi connectivity index (χ4n) is 2.46. The number of ether oxygens (including phenoxy) is 1. The van der Waals surface area contributed by atoms with Gasteiger partial charge in [-0.2, -0.15) is 0 Å². The first-order valence-electron chi connectivity index (χ1n) is 8.79. The number of rotatable bonds is 15. The van der Waals surface area contributed by atoms with Crippen LogP contribution in [0.15, 0.2) is 0 Å². The second-order valence-corrected chi connectivity index (χ2v) is 5.86. The van der Waals surface area contributed by atoms with Gasteiger partial charge >= 0.3 is 5.97 Å². The van der Waals surface area contributed by atoms with Crippen molar-refractivity contribution < 1.29 is 14.3 Å². The monoisotopic (exact) mass is 298 g/mol. The highest BCUT2D eigenvalue weighted by Gasteiger charge is 1.99. The Bertz CT molecular complexity index is 235. The van der Waals surface area contributed by atoms with Crippen LogP contribution >= 0.6 is 0 Å². The molecule has 0 aromatic heterocycles. The van der Waals surface area contributed by atoms with E-state index in [2.05, 4.69) is 4.74 Å². The first kappa shape index (κ1) is 20.1. The van der Waals surface area contributed by atoms with Crippen molar-refractivity contribution in [2.75, 3.05) is 7.11 Å². The number of unbranched alkanes of at least 4 members (excludes halogenated alkanes) is 10. The molecule has 3 nitrogen and oxygen atoms in total. The maximum absolute atomic E-state index is 11.1. The van der Waals surface area contributed by atoms with Gasteiger partial charge in [0.15, 0.2) is 0 Å². The van der Waals surface area contributed by atoms with Gasteiger partial charge in [-0.3, -0.25) is 9.59 Å². The van der Waals surface area contributed by atoms with E-state index in [9.17, 15) is 9.59 Å². The number of esters is 1. The molecular formula is C18H34O3. The predicted octanol–water partition coefficient (Wildman–Crippen LogP) is 5.21. The molecular weight excluding hydrogens is 264 g/mol. The molecule has 0 aromatic carbocycles. The van der Waals surface area contributed by atoms with Crippen molar-refractivity contribution >= 4 is 11.8 Å². The van der Waals surface area contributed by atoms with Crippen LogP contribution < -0.4 is 0 Å². The van der Waals surface area contributed by atoms with E-state index >= 15 is 0 Å². The molecule has 0 spiro atoms. The molecule has 0 atom stereocenters. The van der Waals surface area contributed by atoms with Crippen LogP contribution in [0.1, 0.15) is 96.8 Å². The highest BCUT2D eigenvalue weighted by atomic mass is 16.5. The molecule has 0 unspecified atom stereocenters. The number of hydrogen-bond acceptors (Lipinski definition) is 3. The van der Waals surface area contributed by atoms with Crippen molar-refractivity contribution in [3.8, 4) is 0 Å². The van der Waals surface area contributed by atoms with E-state index in [1.807, 2.05) is 6.92 Å². The third-order valence-electron chi connectivity index (χ3n) is 3.96. The van der Waals surface area contributed by atoms with Gasteiger partial charge in [0.25, 0.3) is 0 Å². The van der Waals surface area contributed by atoms with Gasteiger partial charge < -0.3 is 4.74 Å². The van der Waals surface area contributed by atoms with Crippen LogP contribution in [0.5, 0.6) is 0 Å². The molecule has 0 rings (SSSR count). The van der Waals surface area contributed by atoms with Crippen molar-refractivity contribution in [1.82, 2.24) is 0 Å². The van der Waals surface area contributed by atoms with E-state index in [4.69, 9.17) is 0 Å². The number of methoxy groups -OCH3 is 1. The van der Waals surface area contributed by atoms with Gasteiger partial charge in [-0.05, 0) is 12.8 Å². The summed E-state index contributed by atoms with van der Waals surface area (Å²) in [4.78, 5) is 22.0. The Morgan fingerprint density at radius 2 is 1.05 bits per heavy atom. The molecule has 0 amide bonds. The van der Waals surface area contributed by atoms with Gasteiger partial charge in [-0.15, -0.1) is 0 Å². The SMILES string of the molecule is CCC(=O)CCCCCCCCCCCCCC(=O)OC. The summed E-state index contributed by atoms with van der Waals surface area (Å²) >= 11 is 0. The van der Waals surface area contributed by atoms with Crippen molar-refractivity contribution in [2.45, 2.75) is 96.8 Å². The Hall–Kier alpha value is -0.860. The van der Waals surface area contributed by atoms with Crippen LogP contribution in [0.3, 0.4) is 0 Å². The third-order valence-corrected chi connectivity index (χ3v) is 3.96. The molecule has 0 radical (unpaired) electrons. The van der Waals surface area contributed by atoms with Crippen molar-refractivity contribution in [3.63, 3.8) is 0 Å². The molecule has 3 heteroatoms. The van der Waals surface area contributed by atoms with Crippen molar-refractivity contribution in [2.24, 2.45) is 0 Å². The molecule has 0 aliphatic rings. The maximum Gasteiger partial charge on any atom is 0.305 e. The first-order valence-corrected chi connectivity index (χ1v) is 8.79. The van der Waals surface area contributed by atoms with Gasteiger partial charge in [0.2, 0.25) is 0 Å². The van der Waals surface area contributed by atoms with E-state index in [1.54, 1.807) is 0 Å². The molecule has 21 heavy (non-hydrogen) atoms. The summed E-state index contributed by atoms with van der Waals surface area (Å²) in [6.45, 7) is 1.94. The molecule has 0 aromatic rings. The third kappa shape index (κ3) is 15.3. The summed E-state index contributed by atoms with van der Waals surface area (Å²) in [6.07, 6.45) is 15.5. The molecule has 0 N–H and O–H groups in total. The fraction of sp³-hybridized carbons (Fsp3) is 0.889. The highest BCUT2D eigenvalue weighted by molar-refractivity contribution is 5.77. The summed E-state index contributed by atoms with van der Waals surface area (Å²) in [5.74, 6) is 0.317. The summed E-state index contributed by atoms with van der Waals surface area (Å²) in [7, 11) is 1.45. The van der Waals surface area contributed by atoms with Crippen LogP contribution in [0.4, 0.5) is 0 Å². The Labute approximate surface area is 130 Å². The van der Waals surface area contributed by atoms with Gasteiger partial charge in [0.1, 0.15) is 5.78 Å². The lowest BCUT2D eigenvalue weighted by molar-refractivity contribution is -0.140. The Balaban J connectivity index is 3.06. The van der Waals surface area contributed by atoms with E-state index < -0.39 is 0 Å². The lowest BCUT2D eigenvalue weighted by Gasteiger charge is -2.03. The summed E-state index contributed by atoms with van der Waals surface area (Å²) < 4.78 is 4.61. The van der Waals surface area contributed by atoms with Crippen molar-refractivity contribution in [3.05, 3.63) is 0 Å². The van der Waals surface area contributed by atoms with Crippen molar-refractivity contribution in [1.29, 1.82) is 0 Å². The van der Waals surface area contributed by atoms with E-state index in [0.717, 1.165) is 25.7 Å². The van der Waals surface area contributed by atoms with Crippen LogP contribution in [-0.2, 0) is 14.3 Å². The molecule has 0 saturated heterocycles. The zero-order valence-corrected chi connectivity index (χ0v) is 14.1. The van der Waals surface area contributed by atoms with Gasteiger partial charge in [-0.1, -0.05) is 64.7 Å². The molecule has 0 heterocycles. The van der Waals surface area contributed by atoms with Gasteiger partial charge in [0, 0.05) is 19.3 Å². The highest BCUT2D eigenvalue weighted by Crippen LogP contribution is 2.12. The zero-order chi connectivity index (χ0) is 15.8. The minimum absolute atomic E-state index is 0.0874. The molecule has 124 valence electrons. The smallest absolute Gasteiger partial charge is 0.305 e. The standard InChI is InChI=1S/C18H34O3/c1-3-17(19)15-13-11-9-7-5-4-6-8-10-12-14-16-18(20)21-2/h3-16H2,1-2H3. The van der Waals surface area contributed by atoms with Gasteiger partial charge in [-0.25, -0.2) is 0 Å². The lowest BCUT2D eigenvalue weighted by atomic mass is 10.0. The summed E-state index contributed by atoms with van der Waals surface area (Å²) in [5.41, 5.74) is 0. The largest absolute Gasteiger partial charge is 0.469 e. The quantitative estimate of drug-likeness (QED) is 0.308. The minimum Gasteiger partial charge on any atom is -0.469 e. The Morgan fingerprint density at radius 1 is 0.667 bits per heavy atom. The van der Waals surface area contributed by atoms with Crippen LogP contribution in [0.2, 0.25) is 0 Å². The van der Waals surface area contributed by atoms with Crippen LogP contribution in [-0.4, -0.2) is 18.9 Å². The summed E-state index contributed by atoms with van der Waals surface area (Å²) in [6, 6.07) is 0. The minimum atomic E-state index is -0.0874. The topological polar surface area (TPSA) is 43.4 Å². The number of carbonyl (C=O) groups is 2. The van der Waals surface area contributed by atoms with E-state index in [-0.39, 0.29) is 5.97 Å². The fourth-order valence-corrected chi connectivity index (χ4v) is 2.46. The molecule has 0 bridgehead atoms. The number of carbonyl (C=O) groups excluding carboxylic acids is 2. The molecule has 0 saturated carbocycles. The molecule has 0 aliphatic carbocycles. The normalized spacial score (nSPS) is 10.6. The lowest BCUT2D eigenvalue weighted by Crippen LogP contribution is -1.99. The average Bonchev–Trinajstić information content (AvgIpc) is 2.51. The number of Topliss-reactive ketones (excluding diaryl/α,β-unsaturated/α-hetero) is 1. The van der Waals surface area contributed by atoms with Crippen LogP contribution in [0.25, 0.3) is 0 Å². The number of hydrogen-bond donors (Lipinski definition) is 0. The second kappa shape index (κ2) is 15.5. The predicted molar refractivity (Wildman–Crippen MR) is 87.3 cm³/mol. The first-order chi connectivity index (χ1) is 10.2. The molecule has 0 aliphatic heterocycles. The average molecular weight is 298 g/mol. The Kier molecular flexibility index (Phi) is 14.9. The second-order valence-electron chi connectivity index (χ2n) is 5.86. The van der Waals surface area contributed by atoms with E-state index in [0.29, 0.717) is 18.6 Å².